The zero-order valence-electron chi connectivity index (χ0n) is 12.3. The lowest BCUT2D eigenvalue weighted by Gasteiger charge is -2.09. The Kier molecular flexibility index (Phi) is 6.44. The van der Waals surface area contributed by atoms with E-state index in [1.807, 2.05) is 30.3 Å². The maximum absolute atomic E-state index is 11.8. The molecule has 0 spiro atoms. The normalized spacial score (nSPS) is 10.2. The Morgan fingerprint density at radius 1 is 0.957 bits per heavy atom. The molecule has 4 nitrogen and oxygen atoms in total. The van der Waals surface area contributed by atoms with E-state index in [1.54, 1.807) is 18.2 Å². The van der Waals surface area contributed by atoms with Crippen molar-refractivity contribution in [3.05, 3.63) is 64.1 Å². The third-order valence-electron chi connectivity index (χ3n) is 3.13. The molecule has 0 unspecified atom stereocenters. The molecule has 2 N–H and O–H groups in total. The lowest BCUT2D eigenvalue weighted by molar-refractivity contribution is -0.124. The zero-order valence-corrected chi connectivity index (χ0v) is 13.8. The van der Waals surface area contributed by atoms with Crippen molar-refractivity contribution in [3.63, 3.8) is 0 Å². The SMILES string of the molecule is O=C(CCc1ccccc1)NCC(=O)Nc1cc(Cl)ccc1Cl. The van der Waals surface area contributed by atoms with Crippen LogP contribution >= 0.6 is 23.2 Å². The summed E-state index contributed by atoms with van der Waals surface area (Å²) in [6, 6.07) is 14.5. The van der Waals surface area contributed by atoms with Crippen molar-refractivity contribution in [2.75, 3.05) is 11.9 Å². The number of rotatable bonds is 6. The van der Waals surface area contributed by atoms with E-state index >= 15 is 0 Å². The number of aryl methyl sites for hydroxylation is 1. The highest BCUT2D eigenvalue weighted by atomic mass is 35.5. The molecule has 0 radical (unpaired) electrons. The molecular formula is C17H16Cl2N2O2. The maximum atomic E-state index is 11.8. The maximum Gasteiger partial charge on any atom is 0.243 e. The second-order valence-electron chi connectivity index (χ2n) is 4.93. The molecule has 0 fully saturated rings. The first kappa shape index (κ1) is 17.3. The average molecular weight is 351 g/mol. The van der Waals surface area contributed by atoms with Crippen molar-refractivity contribution in [3.8, 4) is 0 Å². The Bertz CT molecular complexity index is 690. The fourth-order valence-corrected chi connectivity index (χ4v) is 2.29. The van der Waals surface area contributed by atoms with Gasteiger partial charge in [-0.25, -0.2) is 0 Å². The zero-order chi connectivity index (χ0) is 16.7. The third-order valence-corrected chi connectivity index (χ3v) is 3.70. The van der Waals surface area contributed by atoms with Crippen LogP contribution in [0.4, 0.5) is 5.69 Å². The summed E-state index contributed by atoms with van der Waals surface area (Å²) in [5.74, 6) is -0.538. The van der Waals surface area contributed by atoms with Crippen LogP contribution in [0.2, 0.25) is 10.0 Å². The van der Waals surface area contributed by atoms with Crippen molar-refractivity contribution < 1.29 is 9.59 Å². The predicted molar refractivity (Wildman–Crippen MR) is 92.9 cm³/mol. The number of carbonyl (C=O) groups excluding carboxylic acids is 2. The molecule has 0 saturated carbocycles. The summed E-state index contributed by atoms with van der Waals surface area (Å²) >= 11 is 11.8. The molecule has 0 aromatic heterocycles. The minimum absolute atomic E-state index is 0.115. The number of amides is 2. The van der Waals surface area contributed by atoms with E-state index in [-0.39, 0.29) is 18.4 Å². The Morgan fingerprint density at radius 3 is 2.43 bits per heavy atom. The van der Waals surface area contributed by atoms with Crippen LogP contribution in [-0.4, -0.2) is 18.4 Å². The number of carbonyl (C=O) groups is 2. The summed E-state index contributed by atoms with van der Waals surface area (Å²) < 4.78 is 0. The van der Waals surface area contributed by atoms with Gasteiger partial charge in [0.1, 0.15) is 0 Å². The first-order valence-corrected chi connectivity index (χ1v) is 7.86. The van der Waals surface area contributed by atoms with Crippen LogP contribution in [0.3, 0.4) is 0 Å². The number of hydrogen-bond donors (Lipinski definition) is 2. The standard InChI is InChI=1S/C17H16Cl2N2O2/c18-13-7-8-14(19)15(10-13)21-17(23)11-20-16(22)9-6-12-4-2-1-3-5-12/h1-5,7-8,10H,6,9,11H2,(H,20,22)(H,21,23). The highest BCUT2D eigenvalue weighted by Crippen LogP contribution is 2.25. The van der Waals surface area contributed by atoms with Gasteiger partial charge in [-0.2, -0.15) is 0 Å². The van der Waals surface area contributed by atoms with Gasteiger partial charge < -0.3 is 10.6 Å². The minimum atomic E-state index is -0.359. The Morgan fingerprint density at radius 2 is 1.70 bits per heavy atom. The molecule has 0 aliphatic heterocycles. The van der Waals surface area contributed by atoms with E-state index in [4.69, 9.17) is 23.2 Å². The van der Waals surface area contributed by atoms with Gasteiger partial charge in [0.05, 0.1) is 17.3 Å². The number of nitrogens with one attached hydrogen (secondary N) is 2. The first-order valence-electron chi connectivity index (χ1n) is 7.10. The Balaban J connectivity index is 1.75. The second kappa shape index (κ2) is 8.56. The summed E-state index contributed by atoms with van der Waals surface area (Å²) in [5, 5.41) is 6.05. The van der Waals surface area contributed by atoms with Crippen LogP contribution in [-0.2, 0) is 16.0 Å². The average Bonchev–Trinajstić information content (AvgIpc) is 2.55. The number of benzene rings is 2. The fraction of sp³-hybridized carbons (Fsp3) is 0.176. The molecule has 2 amide bonds. The molecular weight excluding hydrogens is 335 g/mol. The summed E-state index contributed by atoms with van der Waals surface area (Å²) in [6.45, 7) is -0.115. The van der Waals surface area contributed by atoms with Crippen LogP contribution in [0.1, 0.15) is 12.0 Å². The Hall–Kier alpha value is -2.04. The molecule has 0 aliphatic rings. The lowest BCUT2D eigenvalue weighted by Crippen LogP contribution is -2.33. The summed E-state index contributed by atoms with van der Waals surface area (Å²) in [6.07, 6.45) is 0.962. The largest absolute Gasteiger partial charge is 0.347 e. The van der Waals surface area contributed by atoms with Crippen LogP contribution in [0.15, 0.2) is 48.5 Å². The third kappa shape index (κ3) is 5.93. The van der Waals surface area contributed by atoms with Gasteiger partial charge >= 0.3 is 0 Å². The number of anilines is 1. The Labute approximate surface area is 144 Å². The van der Waals surface area contributed by atoms with Crippen molar-refractivity contribution in [1.82, 2.24) is 5.32 Å². The van der Waals surface area contributed by atoms with E-state index in [1.165, 1.54) is 0 Å². The van der Waals surface area contributed by atoms with Gasteiger partial charge in [-0.1, -0.05) is 53.5 Å². The summed E-state index contributed by atoms with van der Waals surface area (Å²) in [4.78, 5) is 23.6. The molecule has 23 heavy (non-hydrogen) atoms. The molecule has 120 valence electrons. The molecule has 0 bridgehead atoms. The summed E-state index contributed by atoms with van der Waals surface area (Å²) in [7, 11) is 0. The topological polar surface area (TPSA) is 58.2 Å². The van der Waals surface area contributed by atoms with Crippen LogP contribution < -0.4 is 10.6 Å². The van der Waals surface area contributed by atoms with Crippen molar-refractivity contribution in [1.29, 1.82) is 0 Å². The van der Waals surface area contributed by atoms with Crippen molar-refractivity contribution >= 4 is 40.7 Å². The van der Waals surface area contributed by atoms with Gasteiger partial charge in [-0.15, -0.1) is 0 Å². The second-order valence-corrected chi connectivity index (χ2v) is 5.78. The summed E-state index contributed by atoms with van der Waals surface area (Å²) in [5.41, 5.74) is 1.50. The minimum Gasteiger partial charge on any atom is -0.347 e. The quantitative estimate of drug-likeness (QED) is 0.834. The van der Waals surface area contributed by atoms with Crippen molar-refractivity contribution in [2.24, 2.45) is 0 Å². The molecule has 2 rings (SSSR count). The number of halogens is 2. The van der Waals surface area contributed by atoms with E-state index in [0.717, 1.165) is 5.56 Å². The van der Waals surface area contributed by atoms with Gasteiger partial charge in [0, 0.05) is 11.4 Å². The van der Waals surface area contributed by atoms with Gasteiger partial charge in [-0.3, -0.25) is 9.59 Å². The molecule has 0 atom stereocenters. The predicted octanol–water partition coefficient (Wildman–Crippen LogP) is 3.68. The molecule has 2 aromatic rings. The van der Waals surface area contributed by atoms with E-state index in [2.05, 4.69) is 10.6 Å². The molecule has 2 aromatic carbocycles. The monoisotopic (exact) mass is 350 g/mol. The van der Waals surface area contributed by atoms with Crippen LogP contribution in [0.5, 0.6) is 0 Å². The van der Waals surface area contributed by atoms with Crippen LogP contribution in [0, 0.1) is 0 Å². The van der Waals surface area contributed by atoms with E-state index in [0.29, 0.717) is 28.6 Å². The number of hydrogen-bond acceptors (Lipinski definition) is 2. The van der Waals surface area contributed by atoms with E-state index in [9.17, 15) is 9.59 Å². The molecule has 0 aliphatic carbocycles. The molecule has 6 heteroatoms. The van der Waals surface area contributed by atoms with Gasteiger partial charge in [0.25, 0.3) is 0 Å². The fourth-order valence-electron chi connectivity index (χ4n) is 1.96. The van der Waals surface area contributed by atoms with E-state index < -0.39 is 0 Å². The van der Waals surface area contributed by atoms with Crippen LogP contribution in [0.25, 0.3) is 0 Å². The van der Waals surface area contributed by atoms with Gasteiger partial charge in [0.2, 0.25) is 11.8 Å². The smallest absolute Gasteiger partial charge is 0.243 e. The first-order chi connectivity index (χ1) is 11.0. The van der Waals surface area contributed by atoms with Crippen molar-refractivity contribution in [2.45, 2.75) is 12.8 Å². The molecule has 0 heterocycles. The van der Waals surface area contributed by atoms with Gasteiger partial charge in [-0.05, 0) is 30.2 Å². The van der Waals surface area contributed by atoms with Gasteiger partial charge in [0.15, 0.2) is 0 Å². The highest BCUT2D eigenvalue weighted by Gasteiger charge is 2.08. The highest BCUT2D eigenvalue weighted by molar-refractivity contribution is 6.35. The lowest BCUT2D eigenvalue weighted by atomic mass is 10.1. The molecule has 0 saturated heterocycles.